The summed E-state index contributed by atoms with van der Waals surface area (Å²) in [5.74, 6) is -4.65. The SMILES string of the molecule is COC(=O)c1ccc(C(NC(=O)OCc2ccccc2)/C(F)=C/[C@@H](C)C(=O)NCc2cc(F)cc(F)c2)cc1. The minimum atomic E-state index is -1.34. The Kier molecular flexibility index (Phi) is 10.3. The summed E-state index contributed by atoms with van der Waals surface area (Å²) in [5.41, 5.74) is 1.42. The maximum atomic E-state index is 15.5. The van der Waals surface area contributed by atoms with Gasteiger partial charge < -0.3 is 20.1 Å². The zero-order valence-corrected chi connectivity index (χ0v) is 21.2. The molecule has 10 heteroatoms. The van der Waals surface area contributed by atoms with E-state index in [9.17, 15) is 23.2 Å². The Morgan fingerprint density at radius 2 is 1.56 bits per heavy atom. The second kappa shape index (κ2) is 13.8. The molecule has 7 nitrogen and oxygen atoms in total. The third-order valence-corrected chi connectivity index (χ3v) is 5.63. The maximum absolute atomic E-state index is 15.5. The quantitative estimate of drug-likeness (QED) is 0.330. The molecule has 2 N–H and O–H groups in total. The molecule has 1 unspecified atom stereocenters. The average molecular weight is 541 g/mol. The van der Waals surface area contributed by atoms with Crippen molar-refractivity contribution in [3.8, 4) is 0 Å². The van der Waals surface area contributed by atoms with Crippen molar-refractivity contribution in [2.24, 2.45) is 5.92 Å². The van der Waals surface area contributed by atoms with E-state index in [1.165, 1.54) is 38.3 Å². The van der Waals surface area contributed by atoms with Gasteiger partial charge in [0, 0.05) is 12.6 Å². The number of methoxy groups -OCH3 is 1. The first-order chi connectivity index (χ1) is 18.7. The van der Waals surface area contributed by atoms with E-state index in [4.69, 9.17) is 4.74 Å². The predicted molar refractivity (Wildman–Crippen MR) is 137 cm³/mol. The summed E-state index contributed by atoms with van der Waals surface area (Å²) in [6.45, 7) is 1.20. The highest BCUT2D eigenvalue weighted by Gasteiger charge is 2.23. The first-order valence-corrected chi connectivity index (χ1v) is 11.9. The van der Waals surface area contributed by atoms with Gasteiger partial charge >= 0.3 is 12.1 Å². The molecule has 0 aliphatic heterocycles. The van der Waals surface area contributed by atoms with E-state index in [1.54, 1.807) is 24.3 Å². The molecule has 0 spiro atoms. The highest BCUT2D eigenvalue weighted by atomic mass is 19.1. The van der Waals surface area contributed by atoms with Gasteiger partial charge in [-0.25, -0.2) is 22.8 Å². The van der Waals surface area contributed by atoms with Crippen molar-refractivity contribution in [1.29, 1.82) is 0 Å². The van der Waals surface area contributed by atoms with Crippen LogP contribution in [0.4, 0.5) is 18.0 Å². The lowest BCUT2D eigenvalue weighted by atomic mass is 10.0. The number of hydrogen-bond acceptors (Lipinski definition) is 5. The van der Waals surface area contributed by atoms with Crippen LogP contribution >= 0.6 is 0 Å². The number of rotatable bonds is 10. The molecule has 3 rings (SSSR count). The number of carbonyl (C=O) groups excluding carboxylic acids is 3. The first-order valence-electron chi connectivity index (χ1n) is 11.9. The van der Waals surface area contributed by atoms with Crippen LogP contribution in [0.15, 0.2) is 84.7 Å². The van der Waals surface area contributed by atoms with Gasteiger partial charge in [0.25, 0.3) is 0 Å². The van der Waals surface area contributed by atoms with Gasteiger partial charge in [-0.1, -0.05) is 42.5 Å². The molecule has 0 aliphatic carbocycles. The van der Waals surface area contributed by atoms with Gasteiger partial charge in [0.2, 0.25) is 5.91 Å². The summed E-state index contributed by atoms with van der Waals surface area (Å²) in [7, 11) is 1.23. The third-order valence-electron chi connectivity index (χ3n) is 5.63. The van der Waals surface area contributed by atoms with E-state index in [1.807, 2.05) is 6.07 Å². The molecule has 0 heterocycles. The van der Waals surface area contributed by atoms with Gasteiger partial charge in [0.1, 0.15) is 30.1 Å². The Balaban J connectivity index is 1.74. The van der Waals surface area contributed by atoms with Crippen LogP contribution in [0.5, 0.6) is 0 Å². The lowest BCUT2D eigenvalue weighted by Gasteiger charge is -2.19. The van der Waals surface area contributed by atoms with Gasteiger partial charge in [-0.2, -0.15) is 0 Å². The van der Waals surface area contributed by atoms with E-state index in [2.05, 4.69) is 15.4 Å². The van der Waals surface area contributed by atoms with Crippen molar-refractivity contribution in [3.63, 3.8) is 0 Å². The van der Waals surface area contributed by atoms with Crippen molar-refractivity contribution < 1.29 is 37.0 Å². The number of ether oxygens (including phenoxy) is 2. The number of alkyl carbamates (subject to hydrolysis) is 1. The van der Waals surface area contributed by atoms with Gasteiger partial charge in [0.15, 0.2) is 0 Å². The molecular formula is C29H27F3N2O5. The Hall–Kier alpha value is -4.60. The number of carbonyl (C=O) groups is 3. The summed E-state index contributed by atoms with van der Waals surface area (Å²) < 4.78 is 52.2. The van der Waals surface area contributed by atoms with Crippen molar-refractivity contribution in [2.45, 2.75) is 26.1 Å². The van der Waals surface area contributed by atoms with Gasteiger partial charge in [0.05, 0.1) is 18.6 Å². The Morgan fingerprint density at radius 3 is 2.18 bits per heavy atom. The Morgan fingerprint density at radius 1 is 0.923 bits per heavy atom. The van der Waals surface area contributed by atoms with E-state index in [-0.39, 0.29) is 29.8 Å². The molecule has 0 radical (unpaired) electrons. The molecule has 3 aromatic rings. The molecule has 39 heavy (non-hydrogen) atoms. The third kappa shape index (κ3) is 8.74. The lowest BCUT2D eigenvalue weighted by Crippen LogP contribution is -2.31. The van der Waals surface area contributed by atoms with Crippen LogP contribution in [0.3, 0.4) is 0 Å². The highest BCUT2D eigenvalue weighted by molar-refractivity contribution is 5.89. The second-order valence-corrected chi connectivity index (χ2v) is 8.59. The van der Waals surface area contributed by atoms with Crippen LogP contribution in [0.2, 0.25) is 0 Å². The van der Waals surface area contributed by atoms with Crippen LogP contribution < -0.4 is 10.6 Å². The molecule has 2 atom stereocenters. The van der Waals surface area contributed by atoms with E-state index < -0.39 is 47.4 Å². The number of hydrogen-bond donors (Lipinski definition) is 2. The molecular weight excluding hydrogens is 513 g/mol. The molecule has 0 aliphatic rings. The van der Waals surface area contributed by atoms with Gasteiger partial charge in [-0.05, 0) is 54.0 Å². The smallest absolute Gasteiger partial charge is 0.408 e. The van der Waals surface area contributed by atoms with Crippen molar-refractivity contribution in [3.05, 3.63) is 119 Å². The number of esters is 1. The molecule has 2 amide bonds. The molecule has 0 fully saturated rings. The minimum Gasteiger partial charge on any atom is -0.465 e. The van der Waals surface area contributed by atoms with Crippen LogP contribution in [0.25, 0.3) is 0 Å². The summed E-state index contributed by atoms with van der Waals surface area (Å²) in [5, 5.41) is 4.94. The number of halogens is 3. The summed E-state index contributed by atoms with van der Waals surface area (Å²) in [6.07, 6.45) is 0.104. The minimum absolute atomic E-state index is 0.0501. The molecule has 0 saturated carbocycles. The zero-order chi connectivity index (χ0) is 28.4. The number of benzene rings is 3. The van der Waals surface area contributed by atoms with E-state index in [0.29, 0.717) is 6.07 Å². The molecule has 3 aromatic carbocycles. The fourth-order valence-electron chi connectivity index (χ4n) is 3.60. The fraction of sp³-hybridized carbons (Fsp3) is 0.207. The standard InChI is InChI=1S/C29H27F3N2O5/c1-18(27(35)33-16-20-13-23(30)15-24(31)14-20)12-25(32)26(21-8-10-22(11-9-21)28(36)38-2)34-29(37)39-17-19-6-4-3-5-7-19/h3-15,18,26H,16-17H2,1-2H3,(H,33,35)(H,34,37)/b25-12-/t18-,26?/m1/s1. The number of amides is 2. The van der Waals surface area contributed by atoms with Crippen LogP contribution in [-0.2, 0) is 27.4 Å². The van der Waals surface area contributed by atoms with Crippen LogP contribution in [0, 0.1) is 17.6 Å². The Bertz CT molecular complexity index is 1310. The molecule has 0 aromatic heterocycles. The second-order valence-electron chi connectivity index (χ2n) is 8.59. The molecule has 204 valence electrons. The molecule has 0 bridgehead atoms. The van der Waals surface area contributed by atoms with Crippen LogP contribution in [-0.4, -0.2) is 25.1 Å². The van der Waals surface area contributed by atoms with E-state index >= 15 is 4.39 Å². The van der Waals surface area contributed by atoms with Gasteiger partial charge in [-0.3, -0.25) is 4.79 Å². The largest absolute Gasteiger partial charge is 0.465 e. The van der Waals surface area contributed by atoms with E-state index in [0.717, 1.165) is 23.8 Å². The predicted octanol–water partition coefficient (Wildman–Crippen LogP) is 5.52. The summed E-state index contributed by atoms with van der Waals surface area (Å²) in [4.78, 5) is 36.8. The summed E-state index contributed by atoms with van der Waals surface area (Å²) in [6, 6.07) is 16.1. The zero-order valence-electron chi connectivity index (χ0n) is 21.2. The normalized spacial score (nSPS) is 12.7. The lowest BCUT2D eigenvalue weighted by molar-refractivity contribution is -0.123. The topological polar surface area (TPSA) is 93.7 Å². The maximum Gasteiger partial charge on any atom is 0.408 e. The fourth-order valence-corrected chi connectivity index (χ4v) is 3.60. The highest BCUT2D eigenvalue weighted by Crippen LogP contribution is 2.25. The first kappa shape index (κ1) is 29.0. The monoisotopic (exact) mass is 540 g/mol. The van der Waals surface area contributed by atoms with Crippen molar-refractivity contribution >= 4 is 18.0 Å². The van der Waals surface area contributed by atoms with Crippen molar-refractivity contribution in [1.82, 2.24) is 10.6 Å². The van der Waals surface area contributed by atoms with Crippen LogP contribution in [0.1, 0.15) is 40.0 Å². The molecule has 0 saturated heterocycles. The summed E-state index contributed by atoms with van der Waals surface area (Å²) >= 11 is 0. The van der Waals surface area contributed by atoms with Gasteiger partial charge in [-0.15, -0.1) is 0 Å². The average Bonchev–Trinajstić information content (AvgIpc) is 2.93. The number of nitrogens with one attached hydrogen (secondary N) is 2. The Labute approximate surface area is 223 Å². The van der Waals surface area contributed by atoms with Crippen molar-refractivity contribution in [2.75, 3.05) is 7.11 Å².